The van der Waals surface area contributed by atoms with Crippen LogP contribution in [0.4, 0.5) is 0 Å². The van der Waals surface area contributed by atoms with Crippen molar-refractivity contribution in [2.75, 3.05) is 13.2 Å². The Kier molecular flexibility index (Phi) is 3.53. The highest BCUT2D eigenvalue weighted by Crippen LogP contribution is 2.19. The predicted molar refractivity (Wildman–Crippen MR) is 56.0 cm³/mol. The quantitative estimate of drug-likeness (QED) is 0.733. The van der Waals surface area contributed by atoms with E-state index in [9.17, 15) is 4.79 Å². The van der Waals surface area contributed by atoms with Gasteiger partial charge in [-0.3, -0.25) is 4.79 Å². The molecule has 0 bridgehead atoms. The van der Waals surface area contributed by atoms with Gasteiger partial charge in [0.1, 0.15) is 0 Å². The first-order chi connectivity index (χ1) is 6.41. The third-order valence-corrected chi connectivity index (χ3v) is 2.71. The normalized spacial score (nSPS) is 24.7. The highest BCUT2D eigenvalue weighted by Gasteiger charge is 2.27. The van der Waals surface area contributed by atoms with Crippen LogP contribution in [0.5, 0.6) is 0 Å². The van der Waals surface area contributed by atoms with Gasteiger partial charge in [0.15, 0.2) is 0 Å². The maximum atomic E-state index is 11.7. The van der Waals surface area contributed by atoms with Crippen molar-refractivity contribution in [3.8, 4) is 0 Å². The largest absolute Gasteiger partial charge is 0.381 e. The van der Waals surface area contributed by atoms with Gasteiger partial charge in [-0.2, -0.15) is 0 Å². The van der Waals surface area contributed by atoms with Crippen LogP contribution in [0.25, 0.3) is 0 Å². The topological polar surface area (TPSA) is 38.3 Å². The zero-order valence-corrected chi connectivity index (χ0v) is 9.59. The molecule has 1 fully saturated rings. The first-order valence-corrected chi connectivity index (χ1v) is 5.30. The maximum Gasteiger partial charge on any atom is 0.225 e. The van der Waals surface area contributed by atoms with Crippen molar-refractivity contribution in [3.05, 3.63) is 0 Å². The maximum absolute atomic E-state index is 11.7. The average Bonchev–Trinajstić information content (AvgIpc) is 2.53. The summed E-state index contributed by atoms with van der Waals surface area (Å²) >= 11 is 0. The van der Waals surface area contributed by atoms with Crippen LogP contribution in [-0.4, -0.2) is 25.2 Å². The molecule has 1 aliphatic rings. The van der Waals surface area contributed by atoms with Crippen molar-refractivity contribution in [2.24, 2.45) is 11.3 Å². The minimum Gasteiger partial charge on any atom is -0.381 e. The van der Waals surface area contributed by atoms with E-state index in [0.29, 0.717) is 5.92 Å². The number of hydrogen-bond donors (Lipinski definition) is 1. The summed E-state index contributed by atoms with van der Waals surface area (Å²) in [5.41, 5.74) is -0.298. The molecule has 1 rings (SSSR count). The Labute approximate surface area is 86.2 Å². The molecule has 1 aliphatic heterocycles. The number of amides is 1. The Balaban J connectivity index is 2.39. The second kappa shape index (κ2) is 4.30. The minimum atomic E-state index is -0.298. The molecule has 14 heavy (non-hydrogen) atoms. The lowest BCUT2D eigenvalue weighted by atomic mass is 9.93. The van der Waals surface area contributed by atoms with Crippen LogP contribution in [-0.2, 0) is 9.53 Å². The van der Waals surface area contributed by atoms with E-state index in [1.807, 2.05) is 20.8 Å². The monoisotopic (exact) mass is 199 g/mol. The highest BCUT2D eigenvalue weighted by atomic mass is 16.5. The van der Waals surface area contributed by atoms with Gasteiger partial charge in [-0.1, -0.05) is 20.8 Å². The van der Waals surface area contributed by atoms with Crippen molar-refractivity contribution in [2.45, 2.75) is 40.2 Å². The fourth-order valence-electron chi connectivity index (χ4n) is 1.49. The van der Waals surface area contributed by atoms with E-state index in [1.165, 1.54) is 0 Å². The standard InChI is InChI=1S/C11H21NO2/c1-8(9-5-6-14-7-9)12-10(13)11(2,3)4/h8-9H,5-7H2,1-4H3,(H,12,13). The van der Waals surface area contributed by atoms with E-state index < -0.39 is 0 Å². The molecule has 0 aliphatic carbocycles. The fourth-order valence-corrected chi connectivity index (χ4v) is 1.49. The smallest absolute Gasteiger partial charge is 0.225 e. The van der Waals surface area contributed by atoms with Gasteiger partial charge in [-0.05, 0) is 13.3 Å². The SMILES string of the molecule is CC(NC(=O)C(C)(C)C)C1CCOC1. The molecular weight excluding hydrogens is 178 g/mol. The molecule has 1 saturated heterocycles. The molecule has 3 nitrogen and oxygen atoms in total. The average molecular weight is 199 g/mol. The summed E-state index contributed by atoms with van der Waals surface area (Å²) in [5, 5.41) is 3.04. The molecule has 0 spiro atoms. The molecule has 0 aromatic heterocycles. The first kappa shape index (κ1) is 11.5. The predicted octanol–water partition coefficient (Wildman–Crippen LogP) is 1.57. The molecule has 0 aromatic rings. The van der Waals surface area contributed by atoms with Crippen molar-refractivity contribution >= 4 is 5.91 Å². The highest BCUT2D eigenvalue weighted by molar-refractivity contribution is 5.81. The van der Waals surface area contributed by atoms with Gasteiger partial charge in [0.25, 0.3) is 0 Å². The van der Waals surface area contributed by atoms with E-state index in [-0.39, 0.29) is 17.4 Å². The molecule has 1 amide bonds. The molecule has 0 radical (unpaired) electrons. The van der Waals surface area contributed by atoms with Crippen LogP contribution in [0.1, 0.15) is 34.1 Å². The van der Waals surface area contributed by atoms with Crippen molar-refractivity contribution in [1.29, 1.82) is 0 Å². The second-order valence-electron chi connectivity index (χ2n) is 5.14. The summed E-state index contributed by atoms with van der Waals surface area (Å²) in [7, 11) is 0. The van der Waals surface area contributed by atoms with Crippen LogP contribution in [0.15, 0.2) is 0 Å². The van der Waals surface area contributed by atoms with Gasteiger partial charge in [-0.15, -0.1) is 0 Å². The first-order valence-electron chi connectivity index (χ1n) is 5.30. The van der Waals surface area contributed by atoms with Crippen LogP contribution >= 0.6 is 0 Å². The lowest BCUT2D eigenvalue weighted by Gasteiger charge is -2.24. The number of nitrogens with one attached hydrogen (secondary N) is 1. The number of rotatable bonds is 2. The number of carbonyl (C=O) groups is 1. The summed E-state index contributed by atoms with van der Waals surface area (Å²) in [6.07, 6.45) is 1.06. The number of ether oxygens (including phenoxy) is 1. The van der Waals surface area contributed by atoms with Gasteiger partial charge in [0, 0.05) is 24.0 Å². The Bertz CT molecular complexity index is 202. The van der Waals surface area contributed by atoms with Crippen molar-refractivity contribution in [1.82, 2.24) is 5.32 Å². The summed E-state index contributed by atoms with van der Waals surface area (Å²) in [6.45, 7) is 9.47. The van der Waals surface area contributed by atoms with E-state index in [4.69, 9.17) is 4.74 Å². The van der Waals surface area contributed by atoms with E-state index >= 15 is 0 Å². The fraction of sp³-hybridized carbons (Fsp3) is 0.909. The molecule has 0 aromatic carbocycles. The van der Waals surface area contributed by atoms with Crippen LogP contribution in [0.3, 0.4) is 0 Å². The van der Waals surface area contributed by atoms with Crippen LogP contribution in [0.2, 0.25) is 0 Å². The van der Waals surface area contributed by atoms with Crippen molar-refractivity contribution < 1.29 is 9.53 Å². The number of hydrogen-bond acceptors (Lipinski definition) is 2. The van der Waals surface area contributed by atoms with Gasteiger partial charge in [-0.25, -0.2) is 0 Å². The molecule has 2 atom stereocenters. The lowest BCUT2D eigenvalue weighted by Crippen LogP contribution is -2.43. The Morgan fingerprint density at radius 3 is 2.57 bits per heavy atom. The molecular formula is C11H21NO2. The Hall–Kier alpha value is -0.570. The van der Waals surface area contributed by atoms with E-state index in [1.54, 1.807) is 0 Å². The third-order valence-electron chi connectivity index (χ3n) is 2.71. The Morgan fingerprint density at radius 1 is 1.50 bits per heavy atom. The van der Waals surface area contributed by atoms with Gasteiger partial charge < -0.3 is 10.1 Å². The zero-order chi connectivity index (χ0) is 10.8. The van der Waals surface area contributed by atoms with E-state index in [2.05, 4.69) is 12.2 Å². The molecule has 1 heterocycles. The van der Waals surface area contributed by atoms with Crippen LogP contribution < -0.4 is 5.32 Å². The van der Waals surface area contributed by atoms with Crippen LogP contribution in [0, 0.1) is 11.3 Å². The van der Waals surface area contributed by atoms with Gasteiger partial charge in [0.2, 0.25) is 5.91 Å². The summed E-state index contributed by atoms with van der Waals surface area (Å²) in [6, 6.07) is 0.226. The van der Waals surface area contributed by atoms with E-state index in [0.717, 1.165) is 19.6 Å². The van der Waals surface area contributed by atoms with Crippen molar-refractivity contribution in [3.63, 3.8) is 0 Å². The lowest BCUT2D eigenvalue weighted by molar-refractivity contribution is -0.129. The summed E-state index contributed by atoms with van der Waals surface area (Å²) in [4.78, 5) is 11.7. The Morgan fingerprint density at radius 2 is 2.14 bits per heavy atom. The third kappa shape index (κ3) is 2.98. The second-order valence-corrected chi connectivity index (χ2v) is 5.14. The zero-order valence-electron chi connectivity index (χ0n) is 9.59. The van der Waals surface area contributed by atoms with Gasteiger partial charge >= 0.3 is 0 Å². The molecule has 3 heteroatoms. The molecule has 0 saturated carbocycles. The summed E-state index contributed by atoms with van der Waals surface area (Å²) < 4.78 is 5.29. The summed E-state index contributed by atoms with van der Waals surface area (Å²) in [5.74, 6) is 0.609. The molecule has 82 valence electrons. The minimum absolute atomic E-state index is 0.122. The molecule has 2 unspecified atom stereocenters. The number of carbonyl (C=O) groups excluding carboxylic acids is 1. The molecule has 1 N–H and O–H groups in total. The van der Waals surface area contributed by atoms with Gasteiger partial charge in [0.05, 0.1) is 6.61 Å².